The molecule has 0 saturated carbocycles. The Morgan fingerprint density at radius 2 is 1.57 bits per heavy atom. The van der Waals surface area contributed by atoms with Gasteiger partial charge in [0, 0.05) is 17.7 Å². The predicted molar refractivity (Wildman–Crippen MR) is 194 cm³/mol. The monoisotopic (exact) mass is 722 g/mol. The molecule has 1 aliphatic carbocycles. The van der Waals surface area contributed by atoms with Crippen molar-refractivity contribution in [1.82, 2.24) is 0 Å². The van der Waals surface area contributed by atoms with Crippen molar-refractivity contribution >= 4 is 30.6 Å². The van der Waals surface area contributed by atoms with Gasteiger partial charge in [-0.1, -0.05) is 145 Å². The van der Waals surface area contributed by atoms with Crippen molar-refractivity contribution < 1.29 is 43.7 Å². The summed E-state index contributed by atoms with van der Waals surface area (Å²) in [4.78, 5) is 4.53. The van der Waals surface area contributed by atoms with Gasteiger partial charge >= 0.3 is 26.2 Å². The summed E-state index contributed by atoms with van der Waals surface area (Å²) in [5, 5.41) is 14.4. The Kier molecular flexibility index (Phi) is 14.4. The third-order valence-electron chi connectivity index (χ3n) is 7.76. The Balaban J connectivity index is 0.000000236. The quantitative estimate of drug-likeness (QED) is 0.162. The second-order valence-corrected chi connectivity index (χ2v) is 16.6. The first-order chi connectivity index (χ1) is 20.7. The number of aliphatic imine (C=N–C) groups is 1. The number of aryl methyl sites for hydroxylation is 1. The second kappa shape index (κ2) is 16.9. The van der Waals surface area contributed by atoms with Crippen molar-refractivity contribution in [1.29, 1.82) is 0 Å². The van der Waals surface area contributed by atoms with E-state index < -0.39 is 0 Å². The average molecular weight is 725 g/mol. The second-order valence-electron chi connectivity index (χ2n) is 14.0. The molecule has 2 nitrogen and oxygen atoms in total. The van der Waals surface area contributed by atoms with Crippen LogP contribution in [0.3, 0.4) is 0 Å². The van der Waals surface area contributed by atoms with E-state index in [1.54, 1.807) is 6.07 Å². The molecule has 0 atom stereocenters. The van der Waals surface area contributed by atoms with E-state index in [-0.39, 0.29) is 63.6 Å². The van der Waals surface area contributed by atoms with Crippen LogP contribution in [0.2, 0.25) is 13.1 Å². The van der Waals surface area contributed by atoms with Crippen molar-refractivity contribution in [2.75, 3.05) is 0 Å². The van der Waals surface area contributed by atoms with Crippen LogP contribution in [0, 0.1) is 6.92 Å². The Morgan fingerprint density at radius 3 is 2.17 bits per heavy atom. The molecule has 1 aliphatic heterocycles. The Hall–Kier alpha value is -2.78. The third-order valence-corrected chi connectivity index (χ3v) is 8.79. The maximum Gasteiger partial charge on any atom is 3.00 e. The van der Waals surface area contributed by atoms with Gasteiger partial charge in [-0.05, 0) is 42.5 Å². The van der Waals surface area contributed by atoms with E-state index >= 15 is 0 Å². The molecule has 46 heavy (non-hydrogen) atoms. The van der Waals surface area contributed by atoms with Gasteiger partial charge in [0.1, 0.15) is 0 Å². The van der Waals surface area contributed by atoms with Crippen molar-refractivity contribution in [3.8, 4) is 16.9 Å². The Bertz CT molecular complexity index is 1770. The van der Waals surface area contributed by atoms with E-state index in [1.165, 1.54) is 44.3 Å². The van der Waals surface area contributed by atoms with Gasteiger partial charge in [-0.3, -0.25) is 4.99 Å². The number of benzene rings is 3. The zero-order valence-electron chi connectivity index (χ0n) is 28.8. The molecule has 0 amide bonds. The fourth-order valence-electron chi connectivity index (χ4n) is 5.26. The van der Waals surface area contributed by atoms with E-state index in [1.807, 2.05) is 6.07 Å². The summed E-state index contributed by atoms with van der Waals surface area (Å²) in [6, 6.07) is 27.2. The van der Waals surface area contributed by atoms with Crippen LogP contribution in [0.25, 0.3) is 21.9 Å². The minimum absolute atomic E-state index is 0. The number of fused-ring (bicyclic) bond motifs is 2. The molecule has 0 bridgehead atoms. The molecule has 0 saturated heterocycles. The fraction of sp³-hybridized carbons (Fsp3) is 0.293. The number of rotatable bonds is 3. The molecular weight excluding hydrogens is 677 g/mol. The van der Waals surface area contributed by atoms with E-state index in [2.05, 4.69) is 163 Å². The molecule has 0 N–H and O–H groups in total. The van der Waals surface area contributed by atoms with Crippen LogP contribution < -0.4 is 17.5 Å². The van der Waals surface area contributed by atoms with Gasteiger partial charge in [0.2, 0.25) is 0 Å². The molecule has 0 fully saturated rings. The zero-order chi connectivity index (χ0) is 32.1. The number of hydrogen-bond acceptors (Lipinski definition) is 2. The van der Waals surface area contributed by atoms with Crippen molar-refractivity contribution in [2.45, 2.75) is 78.8 Å². The van der Waals surface area contributed by atoms with Gasteiger partial charge in [-0.2, -0.15) is 6.07 Å². The number of halogens is 1. The van der Waals surface area contributed by atoms with Crippen LogP contribution in [0.5, 0.6) is 5.75 Å². The Labute approximate surface area is 304 Å². The minimum Gasteiger partial charge on any atom is -1.00 e. The summed E-state index contributed by atoms with van der Waals surface area (Å²) in [5.41, 5.74) is 12.2. The van der Waals surface area contributed by atoms with Gasteiger partial charge < -0.3 is 17.5 Å². The average Bonchev–Trinajstić information content (AvgIpc) is 3.66. The van der Waals surface area contributed by atoms with Gasteiger partial charge in [0.15, 0.2) is 0 Å². The number of nitrogens with zero attached hydrogens (tertiary/aromatic N) is 1. The summed E-state index contributed by atoms with van der Waals surface area (Å²) < 4.78 is 0. The summed E-state index contributed by atoms with van der Waals surface area (Å²) in [5.74, 6) is 0.149. The first kappa shape index (κ1) is 39.4. The summed E-state index contributed by atoms with van der Waals surface area (Å²) in [7, 11) is -0.217. The normalized spacial score (nSPS) is 13.0. The fourth-order valence-corrected chi connectivity index (χ4v) is 5.88. The van der Waals surface area contributed by atoms with Crippen LogP contribution in [-0.2, 0) is 37.0 Å². The zero-order valence-corrected chi connectivity index (χ0v) is 33.0. The summed E-state index contributed by atoms with van der Waals surface area (Å²) >= 11 is 0. The van der Waals surface area contributed by atoms with Gasteiger partial charge in [0.25, 0.3) is 0 Å². The first-order valence-corrected chi connectivity index (χ1v) is 18.1. The largest absolute Gasteiger partial charge is 3.00 e. The van der Waals surface area contributed by atoms with E-state index in [0.717, 1.165) is 17.7 Å². The van der Waals surface area contributed by atoms with E-state index in [9.17, 15) is 5.11 Å². The van der Waals surface area contributed by atoms with Crippen molar-refractivity contribution in [3.05, 3.63) is 131 Å². The van der Waals surface area contributed by atoms with Crippen LogP contribution >= 0.6 is 0 Å². The molecule has 1 radical (unpaired) electrons. The molecule has 5 heteroatoms. The molecule has 1 heterocycles. The maximum absolute atomic E-state index is 11.7. The van der Waals surface area contributed by atoms with Crippen LogP contribution in [0.4, 0.5) is 0 Å². The molecule has 4 aromatic rings. The van der Waals surface area contributed by atoms with Crippen molar-refractivity contribution in [3.63, 3.8) is 0 Å². The van der Waals surface area contributed by atoms with Crippen molar-refractivity contribution in [2.24, 2.45) is 4.99 Å². The molecule has 0 unspecified atom stereocenters. The predicted octanol–water partition coefficient (Wildman–Crippen LogP) is 7.24. The molecule has 2 aliphatic rings. The molecule has 237 valence electrons. The molecule has 0 spiro atoms. The topological polar surface area (TPSA) is 35.4 Å². The van der Waals surface area contributed by atoms with Crippen LogP contribution in [-0.4, -0.2) is 19.8 Å². The standard InChI is InChI=1S/C16H13.C14H22O.C11H13NSi.ClH.Zr/c1-12-10-14-8-5-9-15(16(14)11-12)13-6-3-2-4-7-13;1-13(2,3)10-7-8-12(15)11(9-10)14(4,5)6;1-13(2)7-6-10-8-9-4-3-5-11(9)12-10;;/h2-11H,1H3;7-9,15H,1-6H3;3-5,7-8H,6H2,1-2H3;1H;/q-1;;;;+3/p-2. The number of hydrogen-bond donors (Lipinski definition) is 0. The van der Waals surface area contributed by atoms with Crippen LogP contribution in [0.15, 0.2) is 119 Å². The SMILES string of the molecule is CC(C)(C)c1ccc([O-])c(C(C)(C)C)c1.C[Si](C)=CCC1=NC2=CC=CC2=C1.Cc1cc2c(-c3ccccc3)cccc2[cH-]1.[Cl-].[Zr+3]. The molecular formula is C41H47ClNOSiZr. The summed E-state index contributed by atoms with van der Waals surface area (Å²) in [6.07, 6.45) is 9.48. The molecule has 0 aromatic heterocycles. The van der Waals surface area contributed by atoms with Gasteiger partial charge in [-0.25, -0.2) is 0 Å². The first-order valence-electron chi connectivity index (χ1n) is 15.6. The third kappa shape index (κ3) is 10.6. The summed E-state index contributed by atoms with van der Waals surface area (Å²) in [6.45, 7) is 19.5. The van der Waals surface area contributed by atoms with Gasteiger partial charge in [0.05, 0.1) is 5.70 Å². The number of allylic oxidation sites excluding steroid dienone is 4. The molecule has 6 rings (SSSR count). The minimum atomic E-state index is -0.217. The van der Waals surface area contributed by atoms with Gasteiger partial charge in [-0.15, -0.1) is 40.3 Å². The molecule has 4 aromatic carbocycles. The smallest absolute Gasteiger partial charge is 1.00 e. The van der Waals surface area contributed by atoms with E-state index in [0.29, 0.717) is 0 Å². The van der Waals surface area contributed by atoms with Crippen LogP contribution in [0.1, 0.15) is 64.7 Å². The maximum atomic E-state index is 11.7. The Morgan fingerprint density at radius 1 is 0.870 bits per heavy atom. The van der Waals surface area contributed by atoms with E-state index in [4.69, 9.17) is 0 Å².